The lowest BCUT2D eigenvalue weighted by molar-refractivity contribution is 0.411. The smallest absolute Gasteiger partial charge is 0.199 e. The Morgan fingerprint density at radius 1 is 1.44 bits per heavy atom. The minimum Gasteiger partial charge on any atom is -0.496 e. The van der Waals surface area contributed by atoms with Gasteiger partial charge in [-0.15, -0.1) is 0 Å². The van der Waals surface area contributed by atoms with Crippen molar-refractivity contribution in [2.24, 2.45) is 0 Å². The highest BCUT2D eigenvalue weighted by atomic mass is 32.1. The monoisotopic (exact) mass is 263 g/mol. The zero-order valence-electron chi connectivity index (χ0n) is 10.9. The number of methoxy groups -OCH3 is 1. The van der Waals surface area contributed by atoms with Crippen molar-refractivity contribution < 1.29 is 4.74 Å². The number of rotatable bonds is 4. The first kappa shape index (κ1) is 12.8. The van der Waals surface area contributed by atoms with Crippen molar-refractivity contribution in [3.8, 4) is 11.4 Å². The Morgan fingerprint density at radius 3 is 2.83 bits per heavy atom. The van der Waals surface area contributed by atoms with Gasteiger partial charge < -0.3 is 4.74 Å². The van der Waals surface area contributed by atoms with Crippen molar-refractivity contribution in [2.75, 3.05) is 7.11 Å². The van der Waals surface area contributed by atoms with Gasteiger partial charge in [0.25, 0.3) is 0 Å². The molecule has 1 heterocycles. The molecule has 96 valence electrons. The molecule has 0 amide bonds. The van der Waals surface area contributed by atoms with E-state index in [0.717, 1.165) is 35.7 Å². The molecule has 0 saturated carbocycles. The van der Waals surface area contributed by atoms with Crippen molar-refractivity contribution in [1.82, 2.24) is 14.8 Å². The third kappa shape index (κ3) is 2.31. The summed E-state index contributed by atoms with van der Waals surface area (Å²) in [5.41, 5.74) is 2.11. The highest BCUT2D eigenvalue weighted by molar-refractivity contribution is 7.71. The standard InChI is InChI=1S/C13H17N3OS/c1-4-5-12-14-15-13(18)16(12)10-6-7-11(17-3)9(2)8-10/h6-8H,4-5H2,1-3H3,(H,15,18). The maximum absolute atomic E-state index is 5.29. The van der Waals surface area contributed by atoms with Gasteiger partial charge in [-0.3, -0.25) is 9.67 Å². The molecule has 2 rings (SSSR count). The van der Waals surface area contributed by atoms with E-state index in [4.69, 9.17) is 17.0 Å². The number of aryl methyl sites for hydroxylation is 2. The van der Waals surface area contributed by atoms with Gasteiger partial charge in [-0.2, -0.15) is 5.10 Å². The van der Waals surface area contributed by atoms with Crippen LogP contribution in [0.15, 0.2) is 18.2 Å². The van der Waals surface area contributed by atoms with E-state index in [1.807, 2.05) is 23.6 Å². The van der Waals surface area contributed by atoms with Crippen LogP contribution in [-0.4, -0.2) is 21.9 Å². The SMILES string of the molecule is CCCc1n[nH]c(=S)n1-c1ccc(OC)c(C)c1. The molecule has 1 N–H and O–H groups in total. The Hall–Kier alpha value is -1.62. The number of hydrogen-bond donors (Lipinski definition) is 1. The minimum absolute atomic E-state index is 0.628. The van der Waals surface area contributed by atoms with Gasteiger partial charge in [-0.1, -0.05) is 6.92 Å². The normalized spacial score (nSPS) is 10.6. The zero-order chi connectivity index (χ0) is 13.1. The van der Waals surface area contributed by atoms with Crippen LogP contribution in [0.5, 0.6) is 5.75 Å². The number of H-pyrrole nitrogens is 1. The number of aromatic amines is 1. The summed E-state index contributed by atoms with van der Waals surface area (Å²) in [5.74, 6) is 1.85. The van der Waals surface area contributed by atoms with Crippen LogP contribution in [0.4, 0.5) is 0 Å². The molecule has 0 radical (unpaired) electrons. The van der Waals surface area contributed by atoms with E-state index in [0.29, 0.717) is 4.77 Å². The Bertz CT molecular complexity index is 601. The highest BCUT2D eigenvalue weighted by Crippen LogP contribution is 2.22. The van der Waals surface area contributed by atoms with Crippen molar-refractivity contribution in [3.63, 3.8) is 0 Å². The Balaban J connectivity index is 2.51. The van der Waals surface area contributed by atoms with E-state index >= 15 is 0 Å². The van der Waals surface area contributed by atoms with E-state index in [1.165, 1.54) is 0 Å². The zero-order valence-corrected chi connectivity index (χ0v) is 11.7. The second-order valence-corrected chi connectivity index (χ2v) is 4.57. The van der Waals surface area contributed by atoms with Crippen LogP contribution in [0.2, 0.25) is 0 Å². The van der Waals surface area contributed by atoms with Gasteiger partial charge in [-0.05, 0) is 49.3 Å². The molecule has 0 unspecified atom stereocenters. The Labute approximate surface area is 112 Å². The van der Waals surface area contributed by atoms with Crippen LogP contribution in [0.25, 0.3) is 5.69 Å². The molecule has 0 aliphatic rings. The predicted octanol–water partition coefficient (Wildman–Crippen LogP) is 3.20. The Kier molecular flexibility index (Phi) is 3.81. The van der Waals surface area contributed by atoms with E-state index in [1.54, 1.807) is 7.11 Å². The predicted molar refractivity (Wildman–Crippen MR) is 74.0 cm³/mol. The lowest BCUT2D eigenvalue weighted by atomic mass is 10.2. The van der Waals surface area contributed by atoms with Crippen LogP contribution < -0.4 is 4.74 Å². The van der Waals surface area contributed by atoms with Gasteiger partial charge in [0.15, 0.2) is 4.77 Å². The average molecular weight is 263 g/mol. The van der Waals surface area contributed by atoms with Crippen LogP contribution in [0.1, 0.15) is 24.7 Å². The van der Waals surface area contributed by atoms with Crippen molar-refractivity contribution >= 4 is 12.2 Å². The maximum Gasteiger partial charge on any atom is 0.199 e. The topological polar surface area (TPSA) is 42.8 Å². The summed E-state index contributed by atoms with van der Waals surface area (Å²) in [6.07, 6.45) is 1.94. The van der Waals surface area contributed by atoms with Crippen LogP contribution in [0.3, 0.4) is 0 Å². The van der Waals surface area contributed by atoms with Gasteiger partial charge in [0.05, 0.1) is 12.8 Å². The largest absolute Gasteiger partial charge is 0.496 e. The third-order valence-electron chi connectivity index (χ3n) is 2.85. The number of aromatic nitrogens is 3. The molecule has 0 atom stereocenters. The summed E-state index contributed by atoms with van der Waals surface area (Å²) < 4.78 is 7.87. The number of hydrogen-bond acceptors (Lipinski definition) is 3. The minimum atomic E-state index is 0.628. The summed E-state index contributed by atoms with van der Waals surface area (Å²) in [7, 11) is 1.67. The molecule has 18 heavy (non-hydrogen) atoms. The van der Waals surface area contributed by atoms with Crippen LogP contribution >= 0.6 is 12.2 Å². The van der Waals surface area contributed by atoms with Gasteiger partial charge in [-0.25, -0.2) is 0 Å². The molecule has 0 fully saturated rings. The first-order valence-electron chi connectivity index (χ1n) is 5.98. The average Bonchev–Trinajstić information content (AvgIpc) is 2.71. The molecule has 2 aromatic rings. The summed E-state index contributed by atoms with van der Waals surface area (Å²) in [6, 6.07) is 6.01. The lowest BCUT2D eigenvalue weighted by Gasteiger charge is -2.09. The number of benzene rings is 1. The summed E-state index contributed by atoms with van der Waals surface area (Å²) >= 11 is 5.29. The van der Waals surface area contributed by atoms with Crippen molar-refractivity contribution in [2.45, 2.75) is 26.7 Å². The quantitative estimate of drug-likeness (QED) is 0.861. The fourth-order valence-electron chi connectivity index (χ4n) is 1.99. The summed E-state index contributed by atoms with van der Waals surface area (Å²) in [4.78, 5) is 0. The van der Waals surface area contributed by atoms with E-state index in [2.05, 4.69) is 23.2 Å². The fraction of sp³-hybridized carbons (Fsp3) is 0.385. The van der Waals surface area contributed by atoms with Crippen LogP contribution in [0, 0.1) is 11.7 Å². The molecule has 0 aliphatic heterocycles. The Morgan fingerprint density at radius 2 is 2.22 bits per heavy atom. The number of nitrogens with one attached hydrogen (secondary N) is 1. The highest BCUT2D eigenvalue weighted by Gasteiger charge is 2.08. The first-order chi connectivity index (χ1) is 8.67. The number of ether oxygens (including phenoxy) is 1. The molecule has 5 heteroatoms. The molecular weight excluding hydrogens is 246 g/mol. The van der Waals surface area contributed by atoms with E-state index in [9.17, 15) is 0 Å². The van der Waals surface area contributed by atoms with Crippen molar-refractivity contribution in [3.05, 3.63) is 34.4 Å². The third-order valence-corrected chi connectivity index (χ3v) is 3.13. The number of nitrogens with zero attached hydrogens (tertiary/aromatic N) is 2. The molecule has 0 aliphatic carbocycles. The maximum atomic E-state index is 5.29. The second-order valence-electron chi connectivity index (χ2n) is 4.18. The second kappa shape index (κ2) is 5.35. The van der Waals surface area contributed by atoms with E-state index in [-0.39, 0.29) is 0 Å². The molecule has 1 aromatic carbocycles. The van der Waals surface area contributed by atoms with Gasteiger partial charge in [0.2, 0.25) is 0 Å². The van der Waals surface area contributed by atoms with Crippen LogP contribution in [-0.2, 0) is 6.42 Å². The van der Waals surface area contributed by atoms with E-state index < -0.39 is 0 Å². The summed E-state index contributed by atoms with van der Waals surface area (Å²) in [6.45, 7) is 4.15. The molecule has 1 aromatic heterocycles. The van der Waals surface area contributed by atoms with Gasteiger partial charge in [0, 0.05) is 6.42 Å². The van der Waals surface area contributed by atoms with Gasteiger partial charge >= 0.3 is 0 Å². The molecular formula is C13H17N3OS. The lowest BCUT2D eigenvalue weighted by Crippen LogP contribution is -2.02. The summed E-state index contributed by atoms with van der Waals surface area (Å²) in [5, 5.41) is 7.12. The first-order valence-corrected chi connectivity index (χ1v) is 6.39. The molecule has 0 spiro atoms. The molecule has 4 nitrogen and oxygen atoms in total. The fourth-order valence-corrected chi connectivity index (χ4v) is 2.25. The van der Waals surface area contributed by atoms with Gasteiger partial charge in [0.1, 0.15) is 11.6 Å². The molecule has 0 saturated heterocycles. The van der Waals surface area contributed by atoms with Crippen molar-refractivity contribution in [1.29, 1.82) is 0 Å². The molecule has 0 bridgehead atoms.